The zero-order chi connectivity index (χ0) is 12.4. The first-order chi connectivity index (χ1) is 8.84. The zero-order valence-electron chi connectivity index (χ0n) is 9.42. The molecule has 3 rings (SSSR count). The van der Waals surface area contributed by atoms with Crippen molar-refractivity contribution in [3.63, 3.8) is 0 Å². The van der Waals surface area contributed by atoms with Gasteiger partial charge in [-0.25, -0.2) is 4.98 Å². The van der Waals surface area contributed by atoms with Crippen LogP contribution in [0.15, 0.2) is 18.5 Å². The van der Waals surface area contributed by atoms with Gasteiger partial charge in [-0.15, -0.1) is 0 Å². The highest BCUT2D eigenvalue weighted by molar-refractivity contribution is 7.09. The number of hydrogen-bond acceptors (Lipinski definition) is 7. The fraction of sp³-hybridized carbons (Fsp3) is 0.273. The summed E-state index contributed by atoms with van der Waals surface area (Å²) < 4.78 is 14.3. The van der Waals surface area contributed by atoms with E-state index in [1.54, 1.807) is 0 Å². The lowest BCUT2D eigenvalue weighted by atomic mass is 10.1. The van der Waals surface area contributed by atoms with Crippen molar-refractivity contribution in [2.75, 3.05) is 18.7 Å². The van der Waals surface area contributed by atoms with Crippen LogP contribution < -0.4 is 14.8 Å². The second-order valence-corrected chi connectivity index (χ2v) is 4.51. The highest BCUT2D eigenvalue weighted by atomic mass is 32.1. The van der Waals surface area contributed by atoms with Crippen molar-refractivity contribution in [1.29, 1.82) is 0 Å². The summed E-state index contributed by atoms with van der Waals surface area (Å²) in [5.41, 5.74) is 0.816. The number of rotatable bonds is 4. The fourth-order valence-electron chi connectivity index (χ4n) is 1.76. The Kier molecular flexibility index (Phi) is 2.89. The average molecular weight is 265 g/mol. The molecule has 0 spiro atoms. The number of benzene rings is 1. The third-order valence-electron chi connectivity index (χ3n) is 2.63. The van der Waals surface area contributed by atoms with Gasteiger partial charge in [0.15, 0.2) is 11.5 Å². The van der Waals surface area contributed by atoms with Crippen LogP contribution in [0.4, 0.5) is 5.13 Å². The zero-order valence-corrected chi connectivity index (χ0v) is 10.2. The number of nitrogens with zero attached hydrogens (tertiary/aromatic N) is 2. The molecule has 1 aliphatic rings. The summed E-state index contributed by atoms with van der Waals surface area (Å²) in [5, 5.41) is 13.9. The molecule has 1 aromatic carbocycles. The Morgan fingerprint density at radius 2 is 2.33 bits per heavy atom. The van der Waals surface area contributed by atoms with E-state index >= 15 is 0 Å². The maximum atomic E-state index is 10.0. The first-order valence-electron chi connectivity index (χ1n) is 5.45. The molecule has 0 atom stereocenters. The highest BCUT2D eigenvalue weighted by Crippen LogP contribution is 2.42. The molecule has 0 saturated carbocycles. The van der Waals surface area contributed by atoms with Crippen molar-refractivity contribution in [3.05, 3.63) is 24.0 Å². The number of aromatic nitrogens is 2. The molecule has 0 saturated heterocycles. The lowest BCUT2D eigenvalue weighted by Crippen LogP contribution is -2.04. The summed E-state index contributed by atoms with van der Waals surface area (Å²) in [6.07, 6.45) is 2.17. The molecule has 18 heavy (non-hydrogen) atoms. The van der Waals surface area contributed by atoms with E-state index in [0.717, 1.165) is 10.7 Å². The van der Waals surface area contributed by atoms with Crippen molar-refractivity contribution >= 4 is 16.7 Å². The smallest absolute Gasteiger partial charge is 0.231 e. The molecule has 0 radical (unpaired) electrons. The number of aromatic hydroxyl groups is 1. The normalized spacial score (nSPS) is 12.7. The quantitative estimate of drug-likeness (QED) is 0.875. The number of phenols is 1. The van der Waals surface area contributed by atoms with Gasteiger partial charge in [-0.1, -0.05) is 6.07 Å². The molecule has 2 N–H and O–H groups in total. The van der Waals surface area contributed by atoms with Gasteiger partial charge in [0.25, 0.3) is 0 Å². The molecule has 2 aromatic rings. The van der Waals surface area contributed by atoms with E-state index < -0.39 is 0 Å². The van der Waals surface area contributed by atoms with Gasteiger partial charge >= 0.3 is 0 Å². The molecule has 94 valence electrons. The maximum Gasteiger partial charge on any atom is 0.231 e. The summed E-state index contributed by atoms with van der Waals surface area (Å²) in [6, 6.07) is 3.65. The van der Waals surface area contributed by atoms with Gasteiger partial charge in [0.05, 0.1) is 0 Å². The largest absolute Gasteiger partial charge is 0.504 e. The van der Waals surface area contributed by atoms with Gasteiger partial charge in [-0.2, -0.15) is 4.37 Å². The van der Waals surface area contributed by atoms with Crippen LogP contribution in [0.25, 0.3) is 0 Å². The number of anilines is 1. The third kappa shape index (κ3) is 2.04. The number of fused-ring (bicyclic) bond motifs is 1. The molecule has 0 unspecified atom stereocenters. The van der Waals surface area contributed by atoms with Crippen LogP contribution >= 0.6 is 11.5 Å². The summed E-state index contributed by atoms with van der Waals surface area (Å²) in [4.78, 5) is 4.02. The summed E-state index contributed by atoms with van der Waals surface area (Å²) in [7, 11) is 0. The number of nitrogens with one attached hydrogen (secondary N) is 1. The van der Waals surface area contributed by atoms with Crippen LogP contribution in [-0.4, -0.2) is 27.8 Å². The second kappa shape index (κ2) is 4.69. The number of ether oxygens (including phenoxy) is 2. The van der Waals surface area contributed by atoms with Crippen LogP contribution in [0, 0.1) is 0 Å². The van der Waals surface area contributed by atoms with E-state index in [1.165, 1.54) is 17.9 Å². The van der Waals surface area contributed by atoms with E-state index in [2.05, 4.69) is 14.7 Å². The average Bonchev–Trinajstić information content (AvgIpc) is 3.02. The summed E-state index contributed by atoms with van der Waals surface area (Å²) >= 11 is 1.30. The van der Waals surface area contributed by atoms with E-state index in [9.17, 15) is 5.11 Å². The molecule has 1 aromatic heterocycles. The van der Waals surface area contributed by atoms with Gasteiger partial charge in [0.1, 0.15) is 6.33 Å². The van der Waals surface area contributed by atoms with Crippen molar-refractivity contribution in [1.82, 2.24) is 9.36 Å². The molecule has 2 heterocycles. The maximum absolute atomic E-state index is 10.0. The summed E-state index contributed by atoms with van der Waals surface area (Å²) in [5.74, 6) is 1.18. The predicted octanol–water partition coefficient (Wildman–Crippen LogP) is 1.63. The lowest BCUT2D eigenvalue weighted by Gasteiger charge is -2.07. The predicted molar refractivity (Wildman–Crippen MR) is 66.3 cm³/mol. The van der Waals surface area contributed by atoms with E-state index in [1.807, 2.05) is 12.1 Å². The molecule has 7 heteroatoms. The Bertz CT molecular complexity index is 545. The summed E-state index contributed by atoms with van der Waals surface area (Å²) in [6.45, 7) is 0.831. The fourth-order valence-corrected chi connectivity index (χ4v) is 2.21. The lowest BCUT2D eigenvalue weighted by molar-refractivity contribution is 0.171. The Labute approximate surface area is 107 Å². The molecular formula is C11H11N3O3S. The van der Waals surface area contributed by atoms with Gasteiger partial charge in [-0.3, -0.25) is 0 Å². The van der Waals surface area contributed by atoms with Gasteiger partial charge in [0, 0.05) is 18.1 Å². The van der Waals surface area contributed by atoms with Crippen molar-refractivity contribution in [2.24, 2.45) is 0 Å². The van der Waals surface area contributed by atoms with Crippen molar-refractivity contribution in [2.45, 2.75) is 6.42 Å². The van der Waals surface area contributed by atoms with Gasteiger partial charge in [-0.05, 0) is 18.1 Å². The van der Waals surface area contributed by atoms with Crippen LogP contribution in [0.1, 0.15) is 5.56 Å². The van der Waals surface area contributed by atoms with Crippen LogP contribution in [0.3, 0.4) is 0 Å². The standard InChI is InChI=1S/C11H11N3O3S/c15-9-7(1-2-8-10(9)17-6-16-8)3-4-12-11-13-5-14-18-11/h1-2,5,15H,3-4,6H2,(H,12,13,14). The van der Waals surface area contributed by atoms with Crippen LogP contribution in [0.5, 0.6) is 17.2 Å². The molecule has 0 aliphatic carbocycles. The van der Waals surface area contributed by atoms with Crippen molar-refractivity contribution in [3.8, 4) is 17.2 Å². The molecular weight excluding hydrogens is 254 g/mol. The topological polar surface area (TPSA) is 76.5 Å². The van der Waals surface area contributed by atoms with E-state index in [4.69, 9.17) is 9.47 Å². The minimum absolute atomic E-state index is 0.157. The van der Waals surface area contributed by atoms with Crippen LogP contribution in [-0.2, 0) is 6.42 Å². The first-order valence-corrected chi connectivity index (χ1v) is 6.23. The number of hydrogen-bond donors (Lipinski definition) is 2. The Morgan fingerprint density at radius 3 is 3.17 bits per heavy atom. The highest BCUT2D eigenvalue weighted by Gasteiger charge is 2.20. The Hall–Kier alpha value is -2.02. The SMILES string of the molecule is Oc1c(CCNc2ncns2)ccc2c1OCO2. The monoisotopic (exact) mass is 265 g/mol. The minimum atomic E-state index is 0.157. The molecule has 0 amide bonds. The van der Waals surface area contributed by atoms with Gasteiger partial charge in [0.2, 0.25) is 17.7 Å². The van der Waals surface area contributed by atoms with E-state index in [0.29, 0.717) is 24.5 Å². The third-order valence-corrected chi connectivity index (χ3v) is 3.25. The first kappa shape index (κ1) is 11.1. The minimum Gasteiger partial charge on any atom is -0.504 e. The number of phenolic OH excluding ortho intramolecular Hbond substituents is 1. The van der Waals surface area contributed by atoms with Crippen molar-refractivity contribution < 1.29 is 14.6 Å². The molecule has 6 nitrogen and oxygen atoms in total. The Balaban J connectivity index is 1.66. The van der Waals surface area contributed by atoms with E-state index in [-0.39, 0.29) is 12.5 Å². The molecule has 0 fully saturated rings. The second-order valence-electron chi connectivity index (χ2n) is 3.73. The van der Waals surface area contributed by atoms with Crippen LogP contribution in [0.2, 0.25) is 0 Å². The molecule has 1 aliphatic heterocycles. The molecule has 0 bridgehead atoms. The Morgan fingerprint density at radius 1 is 1.39 bits per heavy atom. The van der Waals surface area contributed by atoms with Gasteiger partial charge < -0.3 is 19.9 Å².